The molecule has 19 heavy (non-hydrogen) atoms. The number of nitrogens with zero attached hydrogens (tertiary/aromatic N) is 4. The van der Waals surface area contributed by atoms with Crippen LogP contribution in [0.3, 0.4) is 0 Å². The van der Waals surface area contributed by atoms with E-state index in [4.69, 9.17) is 0 Å². The summed E-state index contributed by atoms with van der Waals surface area (Å²) in [5.74, 6) is 0. The van der Waals surface area contributed by atoms with Gasteiger partial charge in [0.1, 0.15) is 10.7 Å². The highest BCUT2D eigenvalue weighted by molar-refractivity contribution is 7.14. The van der Waals surface area contributed by atoms with Crippen molar-refractivity contribution in [3.63, 3.8) is 0 Å². The summed E-state index contributed by atoms with van der Waals surface area (Å²) in [5.41, 5.74) is 1.87. The highest BCUT2D eigenvalue weighted by atomic mass is 32.1. The van der Waals surface area contributed by atoms with Crippen LogP contribution in [0.4, 0.5) is 0 Å². The lowest BCUT2D eigenvalue weighted by Crippen LogP contribution is -2.17. The van der Waals surface area contributed by atoms with Crippen molar-refractivity contribution < 1.29 is 0 Å². The summed E-state index contributed by atoms with van der Waals surface area (Å²) in [5, 5.41) is 23.7. The first kappa shape index (κ1) is 11.9. The smallest absolute Gasteiger partial charge is 0.169 e. The normalized spacial score (nSPS) is 12.5. The Balaban J connectivity index is 1.93. The molecule has 7 heteroatoms. The molecule has 2 N–H and O–H groups in total. The van der Waals surface area contributed by atoms with Gasteiger partial charge in [0.15, 0.2) is 5.01 Å². The molecule has 0 saturated heterocycles. The van der Waals surface area contributed by atoms with Gasteiger partial charge in [-0.1, -0.05) is 41.7 Å². The number of H-pyrrole nitrogens is 1. The van der Waals surface area contributed by atoms with Crippen molar-refractivity contribution in [2.75, 3.05) is 7.05 Å². The van der Waals surface area contributed by atoms with E-state index >= 15 is 0 Å². The topological polar surface area (TPSA) is 79.4 Å². The summed E-state index contributed by atoms with van der Waals surface area (Å²) in [6.45, 7) is 0. The molecule has 2 heterocycles. The molecule has 1 aromatic carbocycles. The minimum Gasteiger partial charge on any atom is -0.307 e. The summed E-state index contributed by atoms with van der Waals surface area (Å²) in [7, 11) is 1.91. The molecule has 0 bridgehead atoms. The van der Waals surface area contributed by atoms with Gasteiger partial charge in [-0.15, -0.1) is 10.2 Å². The van der Waals surface area contributed by atoms with Crippen molar-refractivity contribution in [2.24, 2.45) is 0 Å². The van der Waals surface area contributed by atoms with Crippen LogP contribution < -0.4 is 5.32 Å². The highest BCUT2D eigenvalue weighted by Crippen LogP contribution is 2.28. The second-order valence-corrected chi connectivity index (χ2v) is 4.94. The number of nitrogens with one attached hydrogen (secondary N) is 2. The third-order valence-electron chi connectivity index (χ3n) is 2.74. The van der Waals surface area contributed by atoms with E-state index in [-0.39, 0.29) is 6.04 Å². The number of hydrogen-bond donors (Lipinski definition) is 2. The second kappa shape index (κ2) is 5.25. The lowest BCUT2D eigenvalue weighted by Gasteiger charge is -2.12. The fourth-order valence-electron chi connectivity index (χ4n) is 1.84. The fraction of sp³-hybridized carbons (Fsp3) is 0.167. The molecular formula is C12H12N6S. The lowest BCUT2D eigenvalue weighted by atomic mass is 10.1. The molecule has 0 fully saturated rings. The number of hydrogen-bond acceptors (Lipinski definition) is 6. The van der Waals surface area contributed by atoms with Crippen LogP contribution in [0.25, 0.3) is 10.7 Å². The Morgan fingerprint density at radius 3 is 2.74 bits per heavy atom. The lowest BCUT2D eigenvalue weighted by molar-refractivity contribution is 0.678. The van der Waals surface area contributed by atoms with E-state index < -0.39 is 0 Å². The van der Waals surface area contributed by atoms with E-state index in [0.717, 1.165) is 15.6 Å². The zero-order chi connectivity index (χ0) is 13.1. The van der Waals surface area contributed by atoms with E-state index in [1.807, 2.05) is 25.2 Å². The van der Waals surface area contributed by atoms with E-state index in [0.29, 0.717) is 5.69 Å². The Bertz CT molecular complexity index is 633. The zero-order valence-corrected chi connectivity index (χ0v) is 11.1. The maximum atomic E-state index is 4.24. The van der Waals surface area contributed by atoms with Crippen LogP contribution in [0, 0.1) is 0 Å². The van der Waals surface area contributed by atoms with Crippen molar-refractivity contribution in [1.29, 1.82) is 0 Å². The first-order valence-electron chi connectivity index (χ1n) is 5.80. The molecule has 6 nitrogen and oxygen atoms in total. The van der Waals surface area contributed by atoms with Gasteiger partial charge in [-0.05, 0) is 12.6 Å². The molecule has 3 rings (SSSR count). The summed E-state index contributed by atoms with van der Waals surface area (Å²) >= 11 is 1.51. The molecule has 0 aliphatic rings. The molecular weight excluding hydrogens is 260 g/mol. The highest BCUT2D eigenvalue weighted by Gasteiger charge is 2.18. The Labute approximate surface area is 113 Å². The van der Waals surface area contributed by atoms with Crippen molar-refractivity contribution in [3.8, 4) is 10.7 Å². The molecule has 2 aromatic heterocycles. The fourth-order valence-corrected chi connectivity index (χ4v) is 2.77. The largest absolute Gasteiger partial charge is 0.307 e. The number of rotatable bonds is 4. The van der Waals surface area contributed by atoms with Crippen molar-refractivity contribution >= 4 is 11.3 Å². The van der Waals surface area contributed by atoms with Gasteiger partial charge in [-0.3, -0.25) is 0 Å². The van der Waals surface area contributed by atoms with Crippen LogP contribution in [0.1, 0.15) is 16.6 Å². The van der Waals surface area contributed by atoms with Crippen molar-refractivity contribution in [2.45, 2.75) is 6.04 Å². The van der Waals surface area contributed by atoms with Crippen LogP contribution in [0.2, 0.25) is 0 Å². The summed E-state index contributed by atoms with van der Waals surface area (Å²) in [4.78, 5) is 0. The van der Waals surface area contributed by atoms with Gasteiger partial charge in [0.2, 0.25) is 0 Å². The molecule has 96 valence electrons. The average molecular weight is 272 g/mol. The van der Waals surface area contributed by atoms with E-state index in [1.54, 1.807) is 6.20 Å². The van der Waals surface area contributed by atoms with E-state index in [1.165, 1.54) is 11.3 Å². The molecule has 0 spiro atoms. The number of aromatic amines is 1. The summed E-state index contributed by atoms with van der Waals surface area (Å²) < 4.78 is 0. The van der Waals surface area contributed by atoms with Crippen LogP contribution in [-0.2, 0) is 0 Å². The first-order valence-corrected chi connectivity index (χ1v) is 6.62. The van der Waals surface area contributed by atoms with Crippen LogP contribution >= 0.6 is 11.3 Å². The maximum absolute atomic E-state index is 4.24. The quantitative estimate of drug-likeness (QED) is 0.754. The predicted octanol–water partition coefficient (Wildman–Crippen LogP) is 1.63. The average Bonchev–Trinajstić information content (AvgIpc) is 3.11. The predicted molar refractivity (Wildman–Crippen MR) is 72.6 cm³/mol. The van der Waals surface area contributed by atoms with Crippen LogP contribution in [-0.4, -0.2) is 32.7 Å². The molecule has 1 atom stereocenters. The summed E-state index contributed by atoms with van der Waals surface area (Å²) in [6.07, 6.45) is 1.64. The van der Waals surface area contributed by atoms with Gasteiger partial charge >= 0.3 is 0 Å². The Hall–Kier alpha value is -2.12. The van der Waals surface area contributed by atoms with E-state index in [2.05, 4.69) is 43.1 Å². The van der Waals surface area contributed by atoms with Gasteiger partial charge in [0, 0.05) is 0 Å². The molecule has 0 saturated carbocycles. The Morgan fingerprint density at radius 1 is 1.21 bits per heavy atom. The summed E-state index contributed by atoms with van der Waals surface area (Å²) in [6, 6.07) is 10.2. The molecule has 3 aromatic rings. The number of aromatic nitrogens is 5. The molecule has 0 aliphatic carbocycles. The first-order chi connectivity index (χ1) is 9.38. The third-order valence-corrected chi connectivity index (χ3v) is 3.75. The van der Waals surface area contributed by atoms with Gasteiger partial charge in [0.05, 0.1) is 12.2 Å². The Morgan fingerprint density at radius 2 is 2.05 bits per heavy atom. The third kappa shape index (κ3) is 2.38. The molecule has 0 aliphatic heterocycles. The number of benzene rings is 1. The Kier molecular flexibility index (Phi) is 3.30. The SMILES string of the molecule is CNC(c1ccccc1)c1nnc(-c2cn[nH]n2)s1. The van der Waals surface area contributed by atoms with Gasteiger partial charge in [0.25, 0.3) is 0 Å². The molecule has 0 amide bonds. The van der Waals surface area contributed by atoms with Crippen LogP contribution in [0.5, 0.6) is 0 Å². The van der Waals surface area contributed by atoms with Crippen molar-refractivity contribution in [3.05, 3.63) is 47.1 Å². The maximum Gasteiger partial charge on any atom is 0.169 e. The molecule has 0 radical (unpaired) electrons. The monoisotopic (exact) mass is 272 g/mol. The van der Waals surface area contributed by atoms with Crippen molar-refractivity contribution in [1.82, 2.24) is 30.9 Å². The van der Waals surface area contributed by atoms with E-state index in [9.17, 15) is 0 Å². The van der Waals surface area contributed by atoms with Gasteiger partial charge in [-0.2, -0.15) is 15.4 Å². The standard InChI is InChI=1S/C12H12N6S/c1-13-10(8-5-3-2-4-6-8)12-17-16-11(19-12)9-7-14-18-15-9/h2-7,10,13H,1H3,(H,14,15,18). The van der Waals surface area contributed by atoms with Crippen LogP contribution in [0.15, 0.2) is 36.5 Å². The second-order valence-electron chi connectivity index (χ2n) is 3.93. The van der Waals surface area contributed by atoms with Gasteiger partial charge in [-0.25, -0.2) is 0 Å². The minimum absolute atomic E-state index is 0.0411. The molecule has 1 unspecified atom stereocenters. The minimum atomic E-state index is 0.0411. The van der Waals surface area contributed by atoms with Gasteiger partial charge < -0.3 is 5.32 Å². The zero-order valence-electron chi connectivity index (χ0n) is 10.2.